The van der Waals surface area contributed by atoms with E-state index in [1.807, 2.05) is 0 Å². The van der Waals surface area contributed by atoms with Crippen LogP contribution in [0.1, 0.15) is 10.4 Å². The van der Waals surface area contributed by atoms with Crippen molar-refractivity contribution in [3.8, 4) is 5.75 Å². The lowest BCUT2D eigenvalue weighted by Crippen LogP contribution is -2.43. The third kappa shape index (κ3) is 3.87. The van der Waals surface area contributed by atoms with Gasteiger partial charge in [0.25, 0.3) is 5.91 Å². The van der Waals surface area contributed by atoms with E-state index in [1.54, 1.807) is 0 Å². The predicted molar refractivity (Wildman–Crippen MR) is 71.7 cm³/mol. The minimum Gasteiger partial charge on any atom is -0.495 e. The molecule has 1 rings (SSSR count). The lowest BCUT2D eigenvalue weighted by atomic mass is 10.1. The molecule has 0 radical (unpaired) electrons. The zero-order valence-electron chi connectivity index (χ0n) is 11.0. The molecule has 108 valence electrons. The largest absolute Gasteiger partial charge is 0.495 e. The molecule has 8 heteroatoms. The summed E-state index contributed by atoms with van der Waals surface area (Å²) in [5.74, 6) is -1.66. The van der Waals surface area contributed by atoms with Gasteiger partial charge in [-0.3, -0.25) is 14.4 Å². The molecule has 0 saturated heterocycles. The molecule has 8 nitrogen and oxygen atoms in total. The molecule has 0 fully saturated rings. The van der Waals surface area contributed by atoms with Gasteiger partial charge >= 0.3 is 0 Å². The molecule has 0 aliphatic rings. The van der Waals surface area contributed by atoms with Crippen molar-refractivity contribution in [3.63, 3.8) is 0 Å². The number of amides is 3. The number of methoxy groups -OCH3 is 1. The Kier molecular flexibility index (Phi) is 4.90. The molecule has 0 bridgehead atoms. The van der Waals surface area contributed by atoms with E-state index in [4.69, 9.17) is 21.9 Å². The highest BCUT2D eigenvalue weighted by molar-refractivity contribution is 5.99. The quantitative estimate of drug-likeness (QED) is 0.554. The zero-order valence-corrected chi connectivity index (χ0v) is 11.0. The molecular weight excluding hydrogens is 264 g/mol. The number of rotatable bonds is 6. The van der Waals surface area contributed by atoms with Gasteiger partial charge in [0.15, 0.2) is 0 Å². The van der Waals surface area contributed by atoms with E-state index in [0.29, 0.717) is 5.75 Å². The average molecular weight is 280 g/mol. The lowest BCUT2D eigenvalue weighted by Gasteiger charge is -2.19. The summed E-state index contributed by atoms with van der Waals surface area (Å²) in [5.41, 5.74) is 16.2. The summed E-state index contributed by atoms with van der Waals surface area (Å²) in [6.45, 7) is -0.818. The van der Waals surface area contributed by atoms with E-state index in [0.717, 1.165) is 4.90 Å². The van der Waals surface area contributed by atoms with E-state index in [-0.39, 0.29) is 11.3 Å². The van der Waals surface area contributed by atoms with Gasteiger partial charge in [-0.05, 0) is 18.2 Å². The number of ether oxygens (including phenoxy) is 1. The molecule has 1 aromatic carbocycles. The monoisotopic (exact) mass is 280 g/mol. The summed E-state index contributed by atoms with van der Waals surface area (Å²) >= 11 is 0. The maximum Gasteiger partial charge on any atom is 0.254 e. The first-order valence-electron chi connectivity index (χ1n) is 5.64. The molecule has 0 aliphatic carbocycles. The van der Waals surface area contributed by atoms with Crippen molar-refractivity contribution >= 4 is 23.4 Å². The Hall–Kier alpha value is -2.77. The number of primary amides is 2. The van der Waals surface area contributed by atoms with Gasteiger partial charge in [-0.2, -0.15) is 0 Å². The molecule has 6 N–H and O–H groups in total. The molecule has 0 heterocycles. The van der Waals surface area contributed by atoms with Crippen LogP contribution in [-0.4, -0.2) is 42.8 Å². The summed E-state index contributed by atoms with van der Waals surface area (Å²) in [7, 11) is 1.44. The van der Waals surface area contributed by atoms with Crippen molar-refractivity contribution in [1.29, 1.82) is 0 Å². The van der Waals surface area contributed by atoms with E-state index >= 15 is 0 Å². The summed E-state index contributed by atoms with van der Waals surface area (Å²) < 4.78 is 4.97. The smallest absolute Gasteiger partial charge is 0.254 e. The van der Waals surface area contributed by atoms with Crippen LogP contribution >= 0.6 is 0 Å². The Balaban J connectivity index is 3.01. The fraction of sp³-hybridized carbons (Fsp3) is 0.250. The average Bonchev–Trinajstić information content (AvgIpc) is 2.35. The minimum absolute atomic E-state index is 0.200. The Morgan fingerprint density at radius 1 is 1.15 bits per heavy atom. The number of hydrogen-bond acceptors (Lipinski definition) is 5. The Bertz CT molecular complexity index is 528. The number of anilines is 1. The zero-order chi connectivity index (χ0) is 15.3. The number of carbonyl (C=O) groups is 3. The first kappa shape index (κ1) is 15.3. The molecule has 0 unspecified atom stereocenters. The molecule has 0 atom stereocenters. The van der Waals surface area contributed by atoms with Crippen LogP contribution in [0.3, 0.4) is 0 Å². The third-order valence-electron chi connectivity index (χ3n) is 2.46. The highest BCUT2D eigenvalue weighted by Gasteiger charge is 2.20. The maximum atomic E-state index is 12.2. The van der Waals surface area contributed by atoms with Gasteiger partial charge < -0.3 is 26.8 Å². The highest BCUT2D eigenvalue weighted by Crippen LogP contribution is 2.22. The number of benzene rings is 1. The molecule has 0 aliphatic heterocycles. The van der Waals surface area contributed by atoms with Gasteiger partial charge in [0.1, 0.15) is 18.8 Å². The molecule has 3 amide bonds. The van der Waals surface area contributed by atoms with Gasteiger partial charge in [0, 0.05) is 5.56 Å². The Morgan fingerprint density at radius 2 is 1.70 bits per heavy atom. The molecule has 0 aromatic heterocycles. The van der Waals surface area contributed by atoms with Crippen molar-refractivity contribution in [2.45, 2.75) is 0 Å². The minimum atomic E-state index is -0.749. The van der Waals surface area contributed by atoms with Crippen molar-refractivity contribution < 1.29 is 19.1 Å². The van der Waals surface area contributed by atoms with Gasteiger partial charge in [0.2, 0.25) is 11.8 Å². The van der Waals surface area contributed by atoms with Crippen LogP contribution in [0.5, 0.6) is 5.75 Å². The molecular formula is C12H16N4O4. The Morgan fingerprint density at radius 3 is 2.10 bits per heavy atom. The summed E-state index contributed by atoms with van der Waals surface area (Å²) in [6.07, 6.45) is 0. The first-order chi connectivity index (χ1) is 9.35. The first-order valence-corrected chi connectivity index (χ1v) is 5.64. The second-order valence-corrected chi connectivity index (χ2v) is 4.05. The fourth-order valence-electron chi connectivity index (χ4n) is 1.63. The van der Waals surface area contributed by atoms with E-state index < -0.39 is 30.8 Å². The molecule has 1 aromatic rings. The number of nitrogens with two attached hydrogens (primary N) is 3. The molecule has 0 spiro atoms. The van der Waals surface area contributed by atoms with Crippen molar-refractivity contribution in [2.75, 3.05) is 25.9 Å². The highest BCUT2D eigenvalue weighted by atomic mass is 16.5. The van der Waals surface area contributed by atoms with Crippen LogP contribution in [0.4, 0.5) is 5.69 Å². The maximum absolute atomic E-state index is 12.2. The summed E-state index contributed by atoms with van der Waals surface area (Å²) in [5, 5.41) is 0. The number of nitrogen functional groups attached to an aromatic ring is 1. The van der Waals surface area contributed by atoms with Gasteiger partial charge in [-0.25, -0.2) is 0 Å². The van der Waals surface area contributed by atoms with Crippen molar-refractivity contribution in [2.24, 2.45) is 11.5 Å². The van der Waals surface area contributed by atoms with Crippen LogP contribution in [0.15, 0.2) is 18.2 Å². The van der Waals surface area contributed by atoms with Crippen LogP contribution in [0.2, 0.25) is 0 Å². The van der Waals surface area contributed by atoms with Crippen LogP contribution in [0, 0.1) is 0 Å². The normalized spacial score (nSPS) is 9.85. The van der Waals surface area contributed by atoms with Crippen molar-refractivity contribution in [1.82, 2.24) is 4.90 Å². The summed E-state index contributed by atoms with van der Waals surface area (Å²) in [4.78, 5) is 35.0. The second-order valence-electron chi connectivity index (χ2n) is 4.05. The van der Waals surface area contributed by atoms with Gasteiger partial charge in [-0.1, -0.05) is 0 Å². The van der Waals surface area contributed by atoms with Gasteiger partial charge in [0.05, 0.1) is 12.8 Å². The van der Waals surface area contributed by atoms with Crippen molar-refractivity contribution in [3.05, 3.63) is 23.8 Å². The third-order valence-corrected chi connectivity index (χ3v) is 2.46. The van der Waals surface area contributed by atoms with Crippen LogP contribution in [0.25, 0.3) is 0 Å². The second kappa shape index (κ2) is 6.41. The van der Waals surface area contributed by atoms with Crippen LogP contribution in [-0.2, 0) is 9.59 Å². The number of carbonyl (C=O) groups excluding carboxylic acids is 3. The predicted octanol–water partition coefficient (Wildman–Crippen LogP) is -1.31. The topological polar surface area (TPSA) is 142 Å². The number of nitrogens with zero attached hydrogens (tertiary/aromatic N) is 1. The fourth-order valence-corrected chi connectivity index (χ4v) is 1.63. The standard InChI is InChI=1S/C12H16N4O4/c1-20-9-3-2-7(4-8(9)13)12(19)16(5-10(14)17)6-11(15)18/h2-4H,5-6,13H2,1H3,(H2,14,17)(H2,15,18). The number of hydrogen-bond donors (Lipinski definition) is 3. The Labute approximate surface area is 115 Å². The SMILES string of the molecule is COc1ccc(C(=O)N(CC(N)=O)CC(N)=O)cc1N. The van der Waals surface area contributed by atoms with Gasteiger partial charge in [-0.15, -0.1) is 0 Å². The summed E-state index contributed by atoms with van der Waals surface area (Å²) in [6, 6.07) is 4.36. The molecule has 20 heavy (non-hydrogen) atoms. The lowest BCUT2D eigenvalue weighted by molar-refractivity contribution is -0.121. The molecule has 0 saturated carbocycles. The van der Waals surface area contributed by atoms with Crippen LogP contribution < -0.4 is 21.9 Å². The van der Waals surface area contributed by atoms with E-state index in [2.05, 4.69) is 0 Å². The van der Waals surface area contributed by atoms with E-state index in [9.17, 15) is 14.4 Å². The van der Waals surface area contributed by atoms with E-state index in [1.165, 1.54) is 25.3 Å².